The lowest BCUT2D eigenvalue weighted by atomic mass is 9.94. The van der Waals surface area contributed by atoms with E-state index in [-0.39, 0.29) is 0 Å². The fourth-order valence-corrected chi connectivity index (χ4v) is 3.05. The lowest BCUT2D eigenvalue weighted by Gasteiger charge is -2.11. The van der Waals surface area contributed by atoms with Gasteiger partial charge in [-0.3, -0.25) is 0 Å². The molecule has 26 heavy (non-hydrogen) atoms. The summed E-state index contributed by atoms with van der Waals surface area (Å²) in [6.45, 7) is 0. The average Bonchev–Trinajstić information content (AvgIpc) is 3.20. The van der Waals surface area contributed by atoms with Crippen molar-refractivity contribution >= 4 is 22.8 Å². The zero-order valence-corrected chi connectivity index (χ0v) is 13.9. The van der Waals surface area contributed by atoms with Crippen LogP contribution in [0, 0.1) is 0 Å². The van der Waals surface area contributed by atoms with Crippen molar-refractivity contribution in [3.8, 4) is 22.5 Å². The van der Waals surface area contributed by atoms with Crippen LogP contribution in [0.4, 0.5) is 0 Å². The van der Waals surface area contributed by atoms with Gasteiger partial charge in [0.15, 0.2) is 0 Å². The van der Waals surface area contributed by atoms with E-state index in [9.17, 15) is 4.79 Å². The van der Waals surface area contributed by atoms with E-state index in [1.165, 1.54) is 5.39 Å². The largest absolute Gasteiger partial charge is 0.478 e. The molecule has 2 N–H and O–H groups in total. The highest BCUT2D eigenvalue weighted by molar-refractivity contribution is 5.92. The van der Waals surface area contributed by atoms with Gasteiger partial charge in [0.2, 0.25) is 0 Å². The number of imidazole rings is 1. The summed E-state index contributed by atoms with van der Waals surface area (Å²) in [5.74, 6) is -0.186. The van der Waals surface area contributed by atoms with E-state index in [0.29, 0.717) is 0 Å². The van der Waals surface area contributed by atoms with Gasteiger partial charge in [0.25, 0.3) is 0 Å². The van der Waals surface area contributed by atoms with Crippen molar-refractivity contribution in [1.29, 1.82) is 0 Å². The zero-order chi connectivity index (χ0) is 17.9. The van der Waals surface area contributed by atoms with E-state index in [0.717, 1.165) is 39.5 Å². The standard InChI is InChI=1S/C22H16N2O2/c25-21(26)10-6-15-5-9-19(22-23-11-12-24-22)20(13-15)18-8-7-16-3-1-2-4-17(16)14-18/h1-14H,(H,23,24)(H,25,26). The van der Waals surface area contributed by atoms with E-state index >= 15 is 0 Å². The second-order valence-corrected chi connectivity index (χ2v) is 5.98. The fraction of sp³-hybridized carbons (Fsp3) is 0. The summed E-state index contributed by atoms with van der Waals surface area (Å²) in [4.78, 5) is 18.3. The topological polar surface area (TPSA) is 66.0 Å². The first kappa shape index (κ1) is 15.8. The summed E-state index contributed by atoms with van der Waals surface area (Å²) in [5.41, 5.74) is 3.85. The van der Waals surface area contributed by atoms with Gasteiger partial charge >= 0.3 is 5.97 Å². The third-order valence-corrected chi connectivity index (χ3v) is 4.28. The van der Waals surface area contributed by atoms with Crippen LogP contribution in [0.1, 0.15) is 5.56 Å². The molecule has 0 unspecified atom stereocenters. The normalized spacial score (nSPS) is 11.2. The predicted molar refractivity (Wildman–Crippen MR) is 104 cm³/mol. The van der Waals surface area contributed by atoms with Crippen LogP contribution in [-0.4, -0.2) is 21.0 Å². The van der Waals surface area contributed by atoms with E-state index < -0.39 is 5.97 Å². The number of rotatable bonds is 4. The number of carboxylic acid groups (broad SMARTS) is 1. The van der Waals surface area contributed by atoms with Gasteiger partial charge in [0.1, 0.15) is 5.82 Å². The van der Waals surface area contributed by atoms with E-state index in [4.69, 9.17) is 5.11 Å². The highest BCUT2D eigenvalue weighted by Gasteiger charge is 2.11. The monoisotopic (exact) mass is 340 g/mol. The first-order valence-corrected chi connectivity index (χ1v) is 8.25. The molecule has 0 bridgehead atoms. The van der Waals surface area contributed by atoms with Crippen molar-refractivity contribution in [3.63, 3.8) is 0 Å². The van der Waals surface area contributed by atoms with Gasteiger partial charge in [-0.25, -0.2) is 9.78 Å². The number of hydrogen-bond acceptors (Lipinski definition) is 2. The van der Waals surface area contributed by atoms with Gasteiger partial charge in [0.05, 0.1) is 0 Å². The van der Waals surface area contributed by atoms with Crippen molar-refractivity contribution in [2.24, 2.45) is 0 Å². The molecule has 0 fully saturated rings. The Morgan fingerprint density at radius 3 is 2.58 bits per heavy atom. The van der Waals surface area contributed by atoms with Gasteiger partial charge in [-0.1, -0.05) is 48.5 Å². The summed E-state index contributed by atoms with van der Waals surface area (Å²) in [6.07, 6.45) is 6.25. The number of hydrogen-bond donors (Lipinski definition) is 2. The smallest absolute Gasteiger partial charge is 0.328 e. The molecular formula is C22H16N2O2. The number of carbonyl (C=O) groups is 1. The minimum atomic E-state index is -0.965. The second-order valence-electron chi connectivity index (χ2n) is 5.98. The highest BCUT2D eigenvalue weighted by Crippen LogP contribution is 2.33. The molecule has 4 heteroatoms. The average molecular weight is 340 g/mol. The zero-order valence-electron chi connectivity index (χ0n) is 13.9. The Morgan fingerprint density at radius 1 is 0.962 bits per heavy atom. The van der Waals surface area contributed by atoms with Crippen molar-refractivity contribution in [2.45, 2.75) is 0 Å². The Kier molecular flexibility index (Phi) is 4.07. The molecule has 0 radical (unpaired) electrons. The summed E-state index contributed by atoms with van der Waals surface area (Å²) in [6, 6.07) is 20.4. The maximum atomic E-state index is 10.8. The Morgan fingerprint density at radius 2 is 1.81 bits per heavy atom. The number of fused-ring (bicyclic) bond motifs is 1. The number of H-pyrrole nitrogens is 1. The summed E-state index contributed by atoms with van der Waals surface area (Å²) in [5, 5.41) is 11.2. The number of nitrogens with one attached hydrogen (secondary N) is 1. The van der Waals surface area contributed by atoms with E-state index in [2.05, 4.69) is 40.3 Å². The molecule has 1 aromatic heterocycles. The third-order valence-electron chi connectivity index (χ3n) is 4.28. The van der Waals surface area contributed by atoms with Crippen LogP contribution in [0.2, 0.25) is 0 Å². The molecule has 0 amide bonds. The highest BCUT2D eigenvalue weighted by atomic mass is 16.4. The van der Waals surface area contributed by atoms with Gasteiger partial charge < -0.3 is 10.1 Å². The molecule has 0 aliphatic carbocycles. The first-order chi connectivity index (χ1) is 12.7. The number of aromatic nitrogens is 2. The van der Waals surface area contributed by atoms with Crippen LogP contribution in [-0.2, 0) is 4.79 Å². The molecule has 0 saturated carbocycles. The third kappa shape index (κ3) is 3.13. The minimum absolute atomic E-state index is 0.780. The van der Waals surface area contributed by atoms with Crippen LogP contribution in [0.5, 0.6) is 0 Å². The molecule has 0 spiro atoms. The van der Waals surface area contributed by atoms with Crippen molar-refractivity contribution < 1.29 is 9.90 Å². The molecule has 4 rings (SSSR count). The predicted octanol–water partition coefficient (Wildman–Crippen LogP) is 4.99. The maximum absolute atomic E-state index is 10.8. The van der Waals surface area contributed by atoms with Crippen LogP contribution >= 0.6 is 0 Å². The molecule has 4 aromatic rings. The number of aromatic amines is 1. The second kappa shape index (κ2) is 6.69. The Bertz CT molecular complexity index is 1110. The molecule has 0 aliphatic rings. The van der Waals surface area contributed by atoms with Crippen LogP contribution in [0.3, 0.4) is 0 Å². The molecular weight excluding hydrogens is 324 g/mol. The number of carboxylic acids is 1. The lowest BCUT2D eigenvalue weighted by molar-refractivity contribution is -0.131. The quantitative estimate of drug-likeness (QED) is 0.514. The number of benzene rings is 3. The minimum Gasteiger partial charge on any atom is -0.478 e. The number of nitrogens with zero attached hydrogens (tertiary/aromatic N) is 1. The maximum Gasteiger partial charge on any atom is 0.328 e. The van der Waals surface area contributed by atoms with Crippen LogP contribution < -0.4 is 0 Å². The van der Waals surface area contributed by atoms with Gasteiger partial charge in [-0.2, -0.15) is 0 Å². The van der Waals surface area contributed by atoms with Gasteiger partial charge in [0, 0.05) is 24.0 Å². The molecule has 0 saturated heterocycles. The SMILES string of the molecule is O=C(O)C=Cc1ccc(-c2ncc[nH]2)c(-c2ccc3ccccc3c2)c1. The Hall–Kier alpha value is -3.66. The Labute approximate surface area is 150 Å². The number of aliphatic carboxylic acids is 1. The lowest BCUT2D eigenvalue weighted by Crippen LogP contribution is -1.90. The molecule has 0 aliphatic heterocycles. The van der Waals surface area contributed by atoms with Gasteiger partial charge in [-0.05, 0) is 45.7 Å². The van der Waals surface area contributed by atoms with Crippen molar-refractivity contribution in [3.05, 3.63) is 84.7 Å². The van der Waals surface area contributed by atoms with Crippen LogP contribution in [0.15, 0.2) is 79.1 Å². The summed E-state index contributed by atoms with van der Waals surface area (Å²) < 4.78 is 0. The molecule has 1 heterocycles. The molecule has 3 aromatic carbocycles. The fourth-order valence-electron chi connectivity index (χ4n) is 3.05. The van der Waals surface area contributed by atoms with E-state index in [1.807, 2.05) is 30.3 Å². The van der Waals surface area contributed by atoms with Gasteiger partial charge in [-0.15, -0.1) is 0 Å². The van der Waals surface area contributed by atoms with Crippen molar-refractivity contribution in [1.82, 2.24) is 9.97 Å². The van der Waals surface area contributed by atoms with E-state index in [1.54, 1.807) is 18.5 Å². The summed E-state index contributed by atoms with van der Waals surface area (Å²) >= 11 is 0. The molecule has 4 nitrogen and oxygen atoms in total. The molecule has 126 valence electrons. The summed E-state index contributed by atoms with van der Waals surface area (Å²) in [7, 11) is 0. The first-order valence-electron chi connectivity index (χ1n) is 8.25. The van der Waals surface area contributed by atoms with Crippen molar-refractivity contribution in [2.75, 3.05) is 0 Å². The molecule has 0 atom stereocenters. The van der Waals surface area contributed by atoms with Crippen LogP contribution in [0.25, 0.3) is 39.4 Å². The Balaban J connectivity index is 1.90.